The van der Waals surface area contributed by atoms with Gasteiger partial charge in [0.1, 0.15) is 5.82 Å². The molecule has 0 fully saturated rings. The number of rotatable bonds is 4. The van der Waals surface area contributed by atoms with E-state index in [0.717, 1.165) is 21.9 Å². The second-order valence-electron chi connectivity index (χ2n) is 7.22. The summed E-state index contributed by atoms with van der Waals surface area (Å²) in [4.78, 5) is 32.2. The zero-order valence-electron chi connectivity index (χ0n) is 16.3. The quantitative estimate of drug-likeness (QED) is 0.517. The number of hydrogen-bond acceptors (Lipinski definition) is 3. The summed E-state index contributed by atoms with van der Waals surface area (Å²) in [7, 11) is 0. The minimum absolute atomic E-state index is 0.0557. The van der Waals surface area contributed by atoms with Crippen molar-refractivity contribution in [1.82, 2.24) is 15.3 Å². The number of amides is 1. The van der Waals surface area contributed by atoms with Crippen LogP contribution in [0.5, 0.6) is 0 Å². The molecule has 5 nitrogen and oxygen atoms in total. The molecule has 0 aliphatic carbocycles. The molecule has 1 heterocycles. The van der Waals surface area contributed by atoms with Crippen molar-refractivity contribution in [2.75, 3.05) is 0 Å². The Balaban J connectivity index is 1.81. The van der Waals surface area contributed by atoms with Crippen LogP contribution < -0.4 is 10.9 Å². The normalized spacial score (nSPS) is 11.6. The first kappa shape index (κ1) is 18.6. The summed E-state index contributed by atoms with van der Waals surface area (Å²) in [6.45, 7) is 3.81. The smallest absolute Gasteiger partial charge is 0.259 e. The van der Waals surface area contributed by atoms with E-state index in [1.165, 1.54) is 6.08 Å². The number of fused-ring (bicyclic) bond motifs is 2. The Kier molecular flexibility index (Phi) is 4.96. The van der Waals surface area contributed by atoms with Crippen LogP contribution in [0.3, 0.4) is 0 Å². The van der Waals surface area contributed by atoms with Crippen LogP contribution in [-0.4, -0.2) is 21.9 Å². The molecule has 1 amide bonds. The van der Waals surface area contributed by atoms with Gasteiger partial charge in [0.15, 0.2) is 0 Å². The molecule has 0 radical (unpaired) electrons. The summed E-state index contributed by atoms with van der Waals surface area (Å²) >= 11 is 0. The number of benzene rings is 3. The lowest BCUT2D eigenvalue weighted by atomic mass is 10.1. The Hall–Kier alpha value is -3.73. The minimum Gasteiger partial charge on any atom is -0.350 e. The summed E-state index contributed by atoms with van der Waals surface area (Å²) < 4.78 is 0. The second kappa shape index (κ2) is 7.72. The zero-order valence-corrected chi connectivity index (χ0v) is 16.3. The van der Waals surface area contributed by atoms with E-state index in [1.807, 2.05) is 62.4 Å². The number of hydrogen-bond donors (Lipinski definition) is 2. The SMILES string of the molecule is CC(C)NC(=O)/C=C/c1cccc2c(=O)[nH]c(-c3ccc4ccccc4c3)nc12. The monoisotopic (exact) mass is 383 g/mol. The maximum Gasteiger partial charge on any atom is 0.259 e. The predicted octanol–water partition coefficient (Wildman–Crippen LogP) is 4.28. The fourth-order valence-electron chi connectivity index (χ4n) is 3.29. The fourth-order valence-corrected chi connectivity index (χ4v) is 3.29. The standard InChI is InChI=1S/C24H21N3O2/c1-15(2)25-21(28)13-12-17-8-5-9-20-22(17)26-23(27-24(20)29)19-11-10-16-6-3-4-7-18(16)14-19/h3-15H,1-2H3,(H,25,28)(H,26,27,29)/b13-12+. The fraction of sp³-hybridized carbons (Fsp3) is 0.125. The lowest BCUT2D eigenvalue weighted by molar-refractivity contribution is -0.116. The third-order valence-electron chi connectivity index (χ3n) is 4.64. The van der Waals surface area contributed by atoms with Crippen LogP contribution >= 0.6 is 0 Å². The molecule has 29 heavy (non-hydrogen) atoms. The number of carbonyl (C=O) groups excluding carboxylic acids is 1. The Morgan fingerprint density at radius 2 is 1.83 bits per heavy atom. The van der Waals surface area contributed by atoms with E-state index in [0.29, 0.717) is 16.7 Å². The number of para-hydroxylation sites is 1. The molecule has 1 aromatic heterocycles. The number of aromatic nitrogens is 2. The van der Waals surface area contributed by atoms with Gasteiger partial charge in [0.25, 0.3) is 5.56 Å². The molecule has 0 spiro atoms. The molecule has 0 saturated heterocycles. The number of nitrogens with one attached hydrogen (secondary N) is 2. The molecular formula is C24H21N3O2. The van der Waals surface area contributed by atoms with Crippen LogP contribution in [-0.2, 0) is 4.79 Å². The van der Waals surface area contributed by atoms with Crippen LogP contribution in [0.25, 0.3) is 39.1 Å². The third-order valence-corrected chi connectivity index (χ3v) is 4.64. The highest BCUT2D eigenvalue weighted by Gasteiger charge is 2.09. The molecule has 5 heteroatoms. The van der Waals surface area contributed by atoms with Crippen molar-refractivity contribution in [2.45, 2.75) is 19.9 Å². The van der Waals surface area contributed by atoms with Gasteiger partial charge in [-0.1, -0.05) is 48.5 Å². The van der Waals surface area contributed by atoms with E-state index >= 15 is 0 Å². The van der Waals surface area contributed by atoms with Crippen LogP contribution in [0, 0.1) is 0 Å². The van der Waals surface area contributed by atoms with Gasteiger partial charge in [0.2, 0.25) is 5.91 Å². The average Bonchev–Trinajstić information content (AvgIpc) is 2.71. The number of nitrogens with zero attached hydrogens (tertiary/aromatic N) is 1. The van der Waals surface area contributed by atoms with Crippen molar-refractivity contribution < 1.29 is 4.79 Å². The molecule has 0 saturated carbocycles. The number of aromatic amines is 1. The Morgan fingerprint density at radius 1 is 1.03 bits per heavy atom. The molecule has 144 valence electrons. The molecule has 0 unspecified atom stereocenters. The lowest BCUT2D eigenvalue weighted by Crippen LogP contribution is -2.28. The number of carbonyl (C=O) groups is 1. The molecule has 0 aliphatic rings. The summed E-state index contributed by atoms with van der Waals surface area (Å²) in [5.41, 5.74) is 1.90. The van der Waals surface area contributed by atoms with E-state index in [2.05, 4.69) is 10.3 Å². The predicted molar refractivity (Wildman–Crippen MR) is 118 cm³/mol. The van der Waals surface area contributed by atoms with Gasteiger partial charge >= 0.3 is 0 Å². The van der Waals surface area contributed by atoms with Gasteiger partial charge in [-0.05, 0) is 42.8 Å². The third kappa shape index (κ3) is 3.94. The molecule has 3 aromatic carbocycles. The highest BCUT2D eigenvalue weighted by molar-refractivity contribution is 5.96. The molecule has 2 N–H and O–H groups in total. The lowest BCUT2D eigenvalue weighted by Gasteiger charge is -2.07. The first-order valence-corrected chi connectivity index (χ1v) is 9.52. The maximum absolute atomic E-state index is 12.7. The Labute approximate surface area is 168 Å². The summed E-state index contributed by atoms with van der Waals surface area (Å²) in [5, 5.41) is 5.50. The first-order chi connectivity index (χ1) is 14.0. The second-order valence-corrected chi connectivity index (χ2v) is 7.22. The topological polar surface area (TPSA) is 74.8 Å². The van der Waals surface area contributed by atoms with Crippen molar-refractivity contribution in [3.8, 4) is 11.4 Å². The van der Waals surface area contributed by atoms with Crippen LogP contribution in [0.4, 0.5) is 0 Å². The van der Waals surface area contributed by atoms with Gasteiger partial charge in [-0.15, -0.1) is 0 Å². The van der Waals surface area contributed by atoms with Crippen molar-refractivity contribution in [2.24, 2.45) is 0 Å². The van der Waals surface area contributed by atoms with Crippen molar-refractivity contribution in [3.05, 3.63) is 82.7 Å². The molecule has 0 aliphatic heterocycles. The van der Waals surface area contributed by atoms with Gasteiger partial charge in [-0.25, -0.2) is 4.98 Å². The van der Waals surface area contributed by atoms with Gasteiger partial charge in [0, 0.05) is 23.2 Å². The van der Waals surface area contributed by atoms with Crippen molar-refractivity contribution in [1.29, 1.82) is 0 Å². The van der Waals surface area contributed by atoms with Crippen molar-refractivity contribution >= 4 is 33.7 Å². The molecule has 4 rings (SSSR count). The highest BCUT2D eigenvalue weighted by Crippen LogP contribution is 2.23. The van der Waals surface area contributed by atoms with Gasteiger partial charge < -0.3 is 10.3 Å². The summed E-state index contributed by atoms with van der Waals surface area (Å²) in [6.07, 6.45) is 3.16. The van der Waals surface area contributed by atoms with E-state index < -0.39 is 0 Å². The van der Waals surface area contributed by atoms with Crippen LogP contribution in [0.2, 0.25) is 0 Å². The van der Waals surface area contributed by atoms with Crippen molar-refractivity contribution in [3.63, 3.8) is 0 Å². The highest BCUT2D eigenvalue weighted by atomic mass is 16.1. The minimum atomic E-state index is -0.208. The molecule has 4 aromatic rings. The maximum atomic E-state index is 12.7. The van der Waals surface area contributed by atoms with Gasteiger partial charge in [-0.3, -0.25) is 9.59 Å². The summed E-state index contributed by atoms with van der Waals surface area (Å²) in [6, 6.07) is 19.4. The van der Waals surface area contributed by atoms with Crippen LogP contribution in [0.1, 0.15) is 19.4 Å². The van der Waals surface area contributed by atoms with Crippen LogP contribution in [0.15, 0.2) is 71.5 Å². The van der Waals surface area contributed by atoms with E-state index in [-0.39, 0.29) is 17.5 Å². The Bertz CT molecular complexity index is 1300. The zero-order chi connectivity index (χ0) is 20.4. The first-order valence-electron chi connectivity index (χ1n) is 9.52. The molecular weight excluding hydrogens is 362 g/mol. The van der Waals surface area contributed by atoms with Gasteiger partial charge in [-0.2, -0.15) is 0 Å². The largest absolute Gasteiger partial charge is 0.350 e. The molecule has 0 bridgehead atoms. The van der Waals surface area contributed by atoms with E-state index in [9.17, 15) is 9.59 Å². The van der Waals surface area contributed by atoms with Gasteiger partial charge in [0.05, 0.1) is 10.9 Å². The summed E-state index contributed by atoms with van der Waals surface area (Å²) in [5.74, 6) is 0.317. The van der Waals surface area contributed by atoms with E-state index in [1.54, 1.807) is 18.2 Å². The molecule has 0 atom stereocenters. The average molecular weight is 383 g/mol. The Morgan fingerprint density at radius 3 is 2.62 bits per heavy atom. The van der Waals surface area contributed by atoms with E-state index in [4.69, 9.17) is 4.98 Å². The number of H-pyrrole nitrogens is 1.